The second-order valence-electron chi connectivity index (χ2n) is 21.2. The van der Waals surface area contributed by atoms with Crippen LogP contribution < -0.4 is 43.3 Å². The molecule has 0 aliphatic carbocycles. The molecule has 1 N–H and O–H groups in total. The van der Waals surface area contributed by atoms with Crippen molar-refractivity contribution in [3.63, 3.8) is 0 Å². The predicted octanol–water partition coefficient (Wildman–Crippen LogP) is 17.4. The average molecular weight is 1170 g/mol. The van der Waals surface area contributed by atoms with Gasteiger partial charge in [0, 0.05) is 17.2 Å². The van der Waals surface area contributed by atoms with Gasteiger partial charge in [-0.2, -0.15) is 5.10 Å². The van der Waals surface area contributed by atoms with Gasteiger partial charge in [0.2, 0.25) is 11.5 Å². The summed E-state index contributed by atoms with van der Waals surface area (Å²) in [6.45, 7) is 1.70. The van der Waals surface area contributed by atoms with Crippen LogP contribution >= 0.6 is 0 Å². The number of hydrazone groups is 1. The van der Waals surface area contributed by atoms with Crippen molar-refractivity contribution < 1.29 is 42.7 Å². The largest absolute Gasteiger partial charge is 0.489 e. The average Bonchev–Trinajstić information content (AvgIpc) is 1.52. The molecule has 0 heterocycles. The molecular formula is C78H64N2O9. The van der Waals surface area contributed by atoms with E-state index in [9.17, 15) is 4.79 Å². The van der Waals surface area contributed by atoms with Crippen molar-refractivity contribution in [2.45, 2.75) is 52.9 Å². The van der Waals surface area contributed by atoms with E-state index in [1.165, 1.54) is 0 Å². The molecule has 0 radical (unpaired) electrons. The highest BCUT2D eigenvalue weighted by atomic mass is 16.6. The fourth-order valence-corrected chi connectivity index (χ4v) is 10.2. The van der Waals surface area contributed by atoms with Crippen LogP contribution in [0.3, 0.4) is 0 Å². The molecule has 0 spiro atoms. The van der Waals surface area contributed by atoms with Gasteiger partial charge in [-0.15, -0.1) is 0 Å². The molecule has 0 unspecified atom stereocenters. The highest BCUT2D eigenvalue weighted by molar-refractivity contribution is 6.13. The first kappa shape index (κ1) is 58.1. The Balaban J connectivity index is 0.882. The molecule has 12 aromatic carbocycles. The number of carbonyl (C=O) groups is 1. The van der Waals surface area contributed by atoms with Gasteiger partial charge in [-0.25, -0.2) is 5.43 Å². The van der Waals surface area contributed by atoms with Gasteiger partial charge < -0.3 is 37.9 Å². The van der Waals surface area contributed by atoms with Gasteiger partial charge in [-0.1, -0.05) is 231 Å². The SMILES string of the molecule is O=C(N/N=C/c1c2ccccc2cc2ccccc12)c1cc(OCc2cc(OCc3ccccc3)c(OCc3ccccc3)c(OCc3ccccc3)c2)cc(OCc2cc(OCc3ccccc3)c(OCc3ccccc3)c(OCc3ccccc3)c2)c1. The van der Waals surface area contributed by atoms with Crippen molar-refractivity contribution in [1.82, 2.24) is 5.43 Å². The Kier molecular flexibility index (Phi) is 19.1. The Morgan fingerprint density at radius 2 is 0.596 bits per heavy atom. The third-order valence-electron chi connectivity index (χ3n) is 14.7. The minimum Gasteiger partial charge on any atom is -0.489 e. The zero-order chi connectivity index (χ0) is 60.2. The summed E-state index contributed by atoms with van der Waals surface area (Å²) < 4.78 is 53.1. The number of hydrogen-bond donors (Lipinski definition) is 1. The van der Waals surface area contributed by atoms with E-state index in [2.05, 4.69) is 40.9 Å². The maximum absolute atomic E-state index is 14.5. The first-order chi connectivity index (χ1) is 44.0. The van der Waals surface area contributed by atoms with Crippen molar-refractivity contribution in [2.75, 3.05) is 0 Å². The molecule has 0 saturated heterocycles. The van der Waals surface area contributed by atoms with Crippen LogP contribution in [-0.4, -0.2) is 12.1 Å². The number of fused-ring (bicyclic) bond motifs is 2. The maximum Gasteiger partial charge on any atom is 0.271 e. The monoisotopic (exact) mass is 1170 g/mol. The molecule has 0 aliphatic rings. The molecule has 0 bridgehead atoms. The lowest BCUT2D eigenvalue weighted by molar-refractivity contribution is 0.0954. The standard InChI is InChI=1S/C78H64N2O9/c81-78(80-79-47-71-69-37-21-19-35-64(69)43-65-36-20-22-38-70(65)71)66-44-67(82-54-62-39-72(84-48-56-23-7-1-8-24-56)76(88-52-60-31-15-5-16-32-60)73(40-62)85-49-57-25-9-2-10-26-57)46-68(45-66)83-55-63-41-74(86-50-58-27-11-3-12-28-58)77(89-53-61-33-17-6-18-34-61)75(42-63)87-51-59-29-13-4-14-30-59/h1-47H,48-55H2,(H,80,81)/b79-47+. The Morgan fingerprint density at radius 3 is 0.933 bits per heavy atom. The fourth-order valence-electron chi connectivity index (χ4n) is 10.2. The molecule has 0 saturated carbocycles. The molecule has 11 heteroatoms. The zero-order valence-electron chi connectivity index (χ0n) is 48.9. The molecular weight excluding hydrogens is 1110 g/mol. The van der Waals surface area contributed by atoms with Gasteiger partial charge in [-0.05, 0) is 109 Å². The number of nitrogens with one attached hydrogen (secondary N) is 1. The third-order valence-corrected chi connectivity index (χ3v) is 14.7. The third kappa shape index (κ3) is 15.8. The van der Waals surface area contributed by atoms with Crippen molar-refractivity contribution in [2.24, 2.45) is 5.10 Å². The van der Waals surface area contributed by atoms with Crippen LogP contribution in [0.15, 0.2) is 284 Å². The summed E-state index contributed by atoms with van der Waals surface area (Å²) in [5.41, 5.74) is 11.2. The molecule has 0 fully saturated rings. The van der Waals surface area contributed by atoms with Crippen LogP contribution in [0.1, 0.15) is 60.4 Å². The highest BCUT2D eigenvalue weighted by Crippen LogP contribution is 2.43. The molecule has 1 amide bonds. The topological polar surface area (TPSA) is 115 Å². The van der Waals surface area contributed by atoms with E-state index < -0.39 is 5.91 Å². The molecule has 11 nitrogen and oxygen atoms in total. The number of benzene rings is 12. The molecule has 0 atom stereocenters. The predicted molar refractivity (Wildman–Crippen MR) is 349 cm³/mol. The van der Waals surface area contributed by atoms with Crippen LogP contribution in [-0.2, 0) is 52.9 Å². The number of nitrogens with zero attached hydrogens (tertiary/aromatic N) is 1. The van der Waals surface area contributed by atoms with E-state index in [0.29, 0.717) is 57.1 Å². The number of hydrogen-bond acceptors (Lipinski definition) is 10. The number of carbonyl (C=O) groups excluding carboxylic acids is 1. The van der Waals surface area contributed by atoms with Gasteiger partial charge in [0.1, 0.15) is 64.4 Å². The van der Waals surface area contributed by atoms with Crippen molar-refractivity contribution >= 4 is 33.7 Å². The summed E-state index contributed by atoms with van der Waals surface area (Å²) in [5, 5.41) is 8.69. The van der Waals surface area contributed by atoms with Gasteiger partial charge in [0.15, 0.2) is 23.0 Å². The molecule has 0 aliphatic heterocycles. The molecule has 12 rings (SSSR count). The first-order valence-electron chi connectivity index (χ1n) is 29.5. The number of amides is 1. The minimum atomic E-state index is -0.484. The van der Waals surface area contributed by atoms with Crippen LogP contribution in [0.25, 0.3) is 21.5 Å². The number of rotatable bonds is 27. The van der Waals surface area contributed by atoms with E-state index >= 15 is 0 Å². The second kappa shape index (κ2) is 29.2. The Bertz CT molecular complexity index is 3920. The smallest absolute Gasteiger partial charge is 0.271 e. The Morgan fingerprint density at radius 1 is 0.303 bits per heavy atom. The Hall–Kier alpha value is -11.3. The quantitative estimate of drug-likeness (QED) is 0.0305. The van der Waals surface area contributed by atoms with Gasteiger partial charge in [-0.3, -0.25) is 4.79 Å². The minimum absolute atomic E-state index is 0.0356. The summed E-state index contributed by atoms with van der Waals surface area (Å²) in [6, 6.07) is 90.9. The van der Waals surface area contributed by atoms with Crippen LogP contribution in [0, 0.1) is 0 Å². The van der Waals surface area contributed by atoms with E-state index in [-0.39, 0.29) is 58.4 Å². The van der Waals surface area contributed by atoms with Crippen molar-refractivity contribution in [1.29, 1.82) is 0 Å². The van der Waals surface area contributed by atoms with Gasteiger partial charge in [0.05, 0.1) is 6.21 Å². The summed E-state index contributed by atoms with van der Waals surface area (Å²) in [4.78, 5) is 14.5. The summed E-state index contributed by atoms with van der Waals surface area (Å²) in [7, 11) is 0. The van der Waals surface area contributed by atoms with Gasteiger partial charge >= 0.3 is 0 Å². The van der Waals surface area contributed by atoms with Crippen LogP contribution in [0.4, 0.5) is 0 Å². The Labute approximate surface area is 517 Å². The first-order valence-corrected chi connectivity index (χ1v) is 29.5. The second-order valence-corrected chi connectivity index (χ2v) is 21.2. The summed E-state index contributed by atoms with van der Waals surface area (Å²) in [6.07, 6.45) is 1.70. The molecule has 12 aromatic rings. The van der Waals surface area contributed by atoms with E-state index in [0.717, 1.165) is 60.5 Å². The fraction of sp³-hybridized carbons (Fsp3) is 0.103. The maximum atomic E-state index is 14.5. The van der Waals surface area contributed by atoms with Crippen molar-refractivity contribution in [3.05, 3.63) is 335 Å². The lowest BCUT2D eigenvalue weighted by Crippen LogP contribution is -2.18. The van der Waals surface area contributed by atoms with E-state index in [1.54, 1.807) is 24.4 Å². The zero-order valence-corrected chi connectivity index (χ0v) is 48.9. The summed E-state index contributed by atoms with van der Waals surface area (Å²) in [5.74, 6) is 3.01. The molecule has 89 heavy (non-hydrogen) atoms. The normalized spacial score (nSPS) is 11.1. The van der Waals surface area contributed by atoms with Crippen molar-refractivity contribution in [3.8, 4) is 46.0 Å². The highest BCUT2D eigenvalue weighted by Gasteiger charge is 2.21. The van der Waals surface area contributed by atoms with E-state index in [1.807, 2.05) is 231 Å². The lowest BCUT2D eigenvalue weighted by Gasteiger charge is -2.20. The van der Waals surface area contributed by atoms with Crippen LogP contribution in [0.2, 0.25) is 0 Å². The van der Waals surface area contributed by atoms with Crippen LogP contribution in [0.5, 0.6) is 46.0 Å². The van der Waals surface area contributed by atoms with E-state index in [4.69, 9.17) is 37.9 Å². The molecule has 0 aromatic heterocycles. The summed E-state index contributed by atoms with van der Waals surface area (Å²) >= 11 is 0. The lowest BCUT2D eigenvalue weighted by atomic mass is 9.97. The van der Waals surface area contributed by atoms with Gasteiger partial charge in [0.25, 0.3) is 5.91 Å². The number of ether oxygens (including phenoxy) is 8. The molecule has 440 valence electrons.